The zero-order valence-corrected chi connectivity index (χ0v) is 11.6. The molecule has 1 heterocycles. The van der Waals surface area contributed by atoms with E-state index >= 15 is 0 Å². The number of hydrogen-bond acceptors (Lipinski definition) is 3. The van der Waals surface area contributed by atoms with Crippen LogP contribution in [0, 0.1) is 25.2 Å². The van der Waals surface area contributed by atoms with Crippen molar-refractivity contribution >= 4 is 0 Å². The molecule has 0 aliphatic rings. The van der Waals surface area contributed by atoms with Crippen molar-refractivity contribution in [1.82, 2.24) is 4.98 Å². The summed E-state index contributed by atoms with van der Waals surface area (Å²) in [7, 11) is 0. The number of rotatable bonds is 4. The van der Waals surface area contributed by atoms with E-state index in [-0.39, 0.29) is 11.1 Å². The highest BCUT2D eigenvalue weighted by Crippen LogP contribution is 2.16. The molecule has 20 heavy (non-hydrogen) atoms. The first-order valence-electron chi connectivity index (χ1n) is 6.43. The Kier molecular flexibility index (Phi) is 4.21. The molecule has 0 saturated heterocycles. The Bertz CT molecular complexity index is 711. The normalized spacial score (nSPS) is 10.1. The van der Waals surface area contributed by atoms with Crippen LogP contribution in [0.2, 0.25) is 0 Å². The Morgan fingerprint density at radius 3 is 2.75 bits per heavy atom. The van der Waals surface area contributed by atoms with Crippen molar-refractivity contribution in [2.75, 3.05) is 6.61 Å². The smallest absolute Gasteiger partial charge is 0.266 e. The molecular formula is C16H16N2O2. The summed E-state index contributed by atoms with van der Waals surface area (Å²) in [6, 6.07) is 11.5. The second-order valence-electron chi connectivity index (χ2n) is 4.66. The monoisotopic (exact) mass is 268 g/mol. The summed E-state index contributed by atoms with van der Waals surface area (Å²) in [6.45, 7) is 4.21. The third-order valence-electron chi connectivity index (χ3n) is 3.08. The molecule has 1 N–H and O–H groups in total. The number of benzene rings is 1. The van der Waals surface area contributed by atoms with Crippen molar-refractivity contribution in [2.24, 2.45) is 0 Å². The molecule has 0 fully saturated rings. The molecule has 0 spiro atoms. The van der Waals surface area contributed by atoms with Crippen LogP contribution in [0.15, 0.2) is 35.1 Å². The standard InChI is InChI=1S/C16H16N2O2/c1-11-5-3-4-6-15(11)20-8-7-13-9-12(2)18-16(19)14(13)10-17/h3-6,9H,7-8H2,1-2H3,(H,18,19). The predicted octanol–water partition coefficient (Wildman–Crippen LogP) is 2.48. The van der Waals surface area contributed by atoms with Gasteiger partial charge in [0.25, 0.3) is 5.56 Å². The van der Waals surface area contributed by atoms with Gasteiger partial charge in [0.2, 0.25) is 0 Å². The van der Waals surface area contributed by atoms with Crippen molar-refractivity contribution in [2.45, 2.75) is 20.3 Å². The highest BCUT2D eigenvalue weighted by atomic mass is 16.5. The lowest BCUT2D eigenvalue weighted by Crippen LogP contribution is -2.16. The van der Waals surface area contributed by atoms with E-state index in [1.807, 2.05) is 43.3 Å². The maximum atomic E-state index is 11.7. The fourth-order valence-electron chi connectivity index (χ4n) is 2.07. The minimum Gasteiger partial charge on any atom is -0.493 e. The fourth-order valence-corrected chi connectivity index (χ4v) is 2.07. The molecule has 2 aromatic rings. The van der Waals surface area contributed by atoms with Gasteiger partial charge < -0.3 is 9.72 Å². The Labute approximate surface area is 117 Å². The third-order valence-corrected chi connectivity index (χ3v) is 3.08. The first-order chi connectivity index (χ1) is 9.61. The summed E-state index contributed by atoms with van der Waals surface area (Å²) in [5, 5.41) is 9.04. The van der Waals surface area contributed by atoms with E-state index in [2.05, 4.69) is 4.98 Å². The lowest BCUT2D eigenvalue weighted by Gasteiger charge is -2.09. The minimum absolute atomic E-state index is 0.170. The number of aromatic amines is 1. The van der Waals surface area contributed by atoms with Crippen LogP contribution in [0.5, 0.6) is 5.75 Å². The summed E-state index contributed by atoms with van der Waals surface area (Å²) < 4.78 is 5.70. The van der Waals surface area contributed by atoms with Gasteiger partial charge in [-0.25, -0.2) is 0 Å². The third kappa shape index (κ3) is 3.07. The lowest BCUT2D eigenvalue weighted by atomic mass is 10.1. The molecule has 2 rings (SSSR count). The molecular weight excluding hydrogens is 252 g/mol. The van der Waals surface area contributed by atoms with Crippen LogP contribution in [0.1, 0.15) is 22.4 Å². The van der Waals surface area contributed by atoms with Crippen molar-refractivity contribution in [1.29, 1.82) is 5.26 Å². The largest absolute Gasteiger partial charge is 0.493 e. The highest BCUT2D eigenvalue weighted by molar-refractivity contribution is 5.37. The molecule has 4 heteroatoms. The van der Waals surface area contributed by atoms with Gasteiger partial charge in [0.05, 0.1) is 6.61 Å². The average Bonchev–Trinajstić information content (AvgIpc) is 2.40. The van der Waals surface area contributed by atoms with E-state index in [1.54, 1.807) is 6.92 Å². The number of aryl methyl sites for hydroxylation is 2. The van der Waals surface area contributed by atoms with Gasteiger partial charge in [-0.3, -0.25) is 4.79 Å². The van der Waals surface area contributed by atoms with Gasteiger partial charge >= 0.3 is 0 Å². The van der Waals surface area contributed by atoms with Crippen LogP contribution >= 0.6 is 0 Å². The summed E-state index contributed by atoms with van der Waals surface area (Å²) >= 11 is 0. The van der Waals surface area contributed by atoms with Crippen LogP contribution < -0.4 is 10.3 Å². The summed E-state index contributed by atoms with van der Waals surface area (Å²) in [5.74, 6) is 0.826. The van der Waals surface area contributed by atoms with Crippen LogP contribution in [-0.2, 0) is 6.42 Å². The predicted molar refractivity (Wildman–Crippen MR) is 76.9 cm³/mol. The van der Waals surface area contributed by atoms with E-state index in [0.29, 0.717) is 13.0 Å². The van der Waals surface area contributed by atoms with Gasteiger partial charge in [0.1, 0.15) is 17.4 Å². The van der Waals surface area contributed by atoms with Crippen molar-refractivity contribution in [3.05, 3.63) is 63.1 Å². The number of nitrogens with one attached hydrogen (secondary N) is 1. The van der Waals surface area contributed by atoms with Crippen LogP contribution in [-0.4, -0.2) is 11.6 Å². The number of nitriles is 1. The highest BCUT2D eigenvalue weighted by Gasteiger charge is 2.08. The Balaban J connectivity index is 2.11. The zero-order valence-electron chi connectivity index (χ0n) is 11.6. The number of ether oxygens (including phenoxy) is 1. The molecule has 0 aliphatic heterocycles. The van der Waals surface area contributed by atoms with E-state index in [0.717, 1.165) is 22.6 Å². The van der Waals surface area contributed by atoms with Crippen molar-refractivity contribution in [3.8, 4) is 11.8 Å². The van der Waals surface area contributed by atoms with E-state index < -0.39 is 0 Å². The number of H-pyrrole nitrogens is 1. The molecule has 0 saturated carbocycles. The molecule has 0 unspecified atom stereocenters. The average molecular weight is 268 g/mol. The van der Waals surface area contributed by atoms with Crippen molar-refractivity contribution < 1.29 is 4.74 Å². The first kappa shape index (κ1) is 13.9. The molecule has 102 valence electrons. The van der Waals surface area contributed by atoms with Crippen LogP contribution in [0.25, 0.3) is 0 Å². The summed E-state index contributed by atoms with van der Waals surface area (Å²) in [5.41, 5.74) is 2.37. The topological polar surface area (TPSA) is 65.9 Å². The molecule has 0 atom stereocenters. The Morgan fingerprint density at radius 2 is 2.05 bits per heavy atom. The SMILES string of the molecule is Cc1cc(CCOc2ccccc2C)c(C#N)c(=O)[nH]1. The van der Waals surface area contributed by atoms with Gasteiger partial charge in [-0.1, -0.05) is 18.2 Å². The first-order valence-corrected chi connectivity index (χ1v) is 6.43. The molecule has 0 radical (unpaired) electrons. The van der Waals surface area contributed by atoms with Gasteiger partial charge in [-0.15, -0.1) is 0 Å². The Hall–Kier alpha value is -2.54. The number of para-hydroxylation sites is 1. The van der Waals surface area contributed by atoms with E-state index in [1.165, 1.54) is 0 Å². The number of nitrogens with zero attached hydrogens (tertiary/aromatic N) is 1. The second-order valence-corrected chi connectivity index (χ2v) is 4.66. The number of aromatic nitrogens is 1. The van der Waals surface area contributed by atoms with Gasteiger partial charge in [0, 0.05) is 12.1 Å². The van der Waals surface area contributed by atoms with E-state index in [4.69, 9.17) is 10.00 Å². The molecule has 4 nitrogen and oxygen atoms in total. The van der Waals surface area contributed by atoms with Crippen LogP contribution in [0.3, 0.4) is 0 Å². The zero-order chi connectivity index (χ0) is 14.5. The summed E-state index contributed by atoms with van der Waals surface area (Å²) in [6.07, 6.45) is 0.530. The summed E-state index contributed by atoms with van der Waals surface area (Å²) in [4.78, 5) is 14.3. The van der Waals surface area contributed by atoms with Gasteiger partial charge in [0.15, 0.2) is 0 Å². The van der Waals surface area contributed by atoms with Crippen molar-refractivity contribution in [3.63, 3.8) is 0 Å². The maximum Gasteiger partial charge on any atom is 0.266 e. The second kappa shape index (κ2) is 6.07. The quantitative estimate of drug-likeness (QED) is 0.926. The van der Waals surface area contributed by atoms with Crippen LogP contribution in [0.4, 0.5) is 0 Å². The number of hydrogen-bond donors (Lipinski definition) is 1. The van der Waals surface area contributed by atoms with Gasteiger partial charge in [-0.2, -0.15) is 5.26 Å². The Morgan fingerprint density at radius 1 is 1.30 bits per heavy atom. The van der Waals surface area contributed by atoms with Gasteiger partial charge in [-0.05, 0) is 37.1 Å². The fraction of sp³-hybridized carbons (Fsp3) is 0.250. The molecule has 0 bridgehead atoms. The molecule has 0 aliphatic carbocycles. The molecule has 0 amide bonds. The maximum absolute atomic E-state index is 11.7. The number of pyridine rings is 1. The molecule has 1 aromatic heterocycles. The van der Waals surface area contributed by atoms with E-state index in [9.17, 15) is 4.79 Å². The molecule has 1 aromatic carbocycles. The lowest BCUT2D eigenvalue weighted by molar-refractivity contribution is 0.319. The minimum atomic E-state index is -0.335.